The van der Waals surface area contributed by atoms with Gasteiger partial charge in [0.1, 0.15) is 5.82 Å². The van der Waals surface area contributed by atoms with E-state index < -0.39 is 0 Å². The number of alkyl halides is 1. The van der Waals surface area contributed by atoms with Gasteiger partial charge in [0.2, 0.25) is 0 Å². The van der Waals surface area contributed by atoms with Gasteiger partial charge in [-0.2, -0.15) is 0 Å². The second kappa shape index (κ2) is 8.65. The average Bonchev–Trinajstić information content (AvgIpc) is 2.35. The Kier molecular flexibility index (Phi) is 7.52. The number of ether oxygens (including phenoxy) is 1. The Hall–Kier alpha value is -0.410. The molecule has 0 spiro atoms. The molecule has 0 radical (unpaired) electrons. The van der Waals surface area contributed by atoms with Crippen LogP contribution >= 0.6 is 15.9 Å². The second-order valence-corrected chi connectivity index (χ2v) is 5.60. The first kappa shape index (κ1) is 15.6. The largest absolute Gasteiger partial charge is 0.381 e. The highest BCUT2D eigenvalue weighted by Crippen LogP contribution is 2.24. The van der Waals surface area contributed by atoms with Crippen LogP contribution in [0.5, 0.6) is 0 Å². The monoisotopic (exact) mass is 316 g/mol. The first-order valence-corrected chi connectivity index (χ1v) is 7.65. The fourth-order valence-electron chi connectivity index (χ4n) is 1.77. The molecular weight excluding hydrogens is 295 g/mol. The molecule has 0 N–H and O–H groups in total. The highest BCUT2D eigenvalue weighted by atomic mass is 79.9. The van der Waals surface area contributed by atoms with Crippen molar-refractivity contribution in [3.8, 4) is 0 Å². The van der Waals surface area contributed by atoms with Gasteiger partial charge < -0.3 is 4.74 Å². The average molecular weight is 317 g/mol. The summed E-state index contributed by atoms with van der Waals surface area (Å²) in [5.41, 5.74) is 0.779. The SMILES string of the molecule is CC(C)CCOCCC(CBr)c1ccccc1F. The zero-order valence-electron chi connectivity index (χ0n) is 11.2. The van der Waals surface area contributed by atoms with Gasteiger partial charge in [-0.05, 0) is 36.3 Å². The Bertz CT molecular complexity index is 341. The molecule has 0 aliphatic heterocycles. The molecule has 0 saturated heterocycles. The van der Waals surface area contributed by atoms with Gasteiger partial charge in [0.15, 0.2) is 0 Å². The highest BCUT2D eigenvalue weighted by Gasteiger charge is 2.13. The van der Waals surface area contributed by atoms with E-state index in [4.69, 9.17) is 4.74 Å². The minimum absolute atomic E-state index is 0.121. The molecule has 0 aliphatic carbocycles. The summed E-state index contributed by atoms with van der Waals surface area (Å²) in [5.74, 6) is 0.734. The zero-order chi connectivity index (χ0) is 13.4. The van der Waals surface area contributed by atoms with Gasteiger partial charge in [-0.15, -0.1) is 0 Å². The highest BCUT2D eigenvalue weighted by molar-refractivity contribution is 9.09. The van der Waals surface area contributed by atoms with Crippen LogP contribution in [0.15, 0.2) is 24.3 Å². The van der Waals surface area contributed by atoms with Crippen molar-refractivity contribution in [2.45, 2.75) is 32.6 Å². The van der Waals surface area contributed by atoms with Crippen LogP contribution in [-0.2, 0) is 4.74 Å². The van der Waals surface area contributed by atoms with E-state index in [0.29, 0.717) is 12.5 Å². The van der Waals surface area contributed by atoms with Crippen molar-refractivity contribution in [3.05, 3.63) is 35.6 Å². The van der Waals surface area contributed by atoms with E-state index in [1.54, 1.807) is 6.07 Å². The molecule has 1 aromatic rings. The molecule has 1 unspecified atom stereocenters. The molecule has 0 amide bonds. The summed E-state index contributed by atoms with van der Waals surface area (Å²) in [6.45, 7) is 5.86. The molecule has 3 heteroatoms. The summed E-state index contributed by atoms with van der Waals surface area (Å²) < 4.78 is 19.2. The van der Waals surface area contributed by atoms with Gasteiger partial charge in [-0.1, -0.05) is 48.0 Å². The third kappa shape index (κ3) is 5.49. The van der Waals surface area contributed by atoms with Crippen LogP contribution in [0.3, 0.4) is 0 Å². The van der Waals surface area contributed by atoms with Crippen molar-refractivity contribution < 1.29 is 9.13 Å². The Morgan fingerprint density at radius 3 is 2.44 bits per heavy atom. The molecule has 0 aromatic heterocycles. The van der Waals surface area contributed by atoms with E-state index in [2.05, 4.69) is 29.8 Å². The lowest BCUT2D eigenvalue weighted by Crippen LogP contribution is -2.08. The van der Waals surface area contributed by atoms with Crippen molar-refractivity contribution in [3.63, 3.8) is 0 Å². The lowest BCUT2D eigenvalue weighted by molar-refractivity contribution is 0.118. The zero-order valence-corrected chi connectivity index (χ0v) is 12.7. The normalized spacial score (nSPS) is 12.9. The second-order valence-electron chi connectivity index (χ2n) is 4.96. The maximum absolute atomic E-state index is 13.6. The molecule has 0 bridgehead atoms. The third-order valence-electron chi connectivity index (χ3n) is 2.98. The van der Waals surface area contributed by atoms with E-state index in [1.807, 2.05) is 12.1 Å². The summed E-state index contributed by atoms with van der Waals surface area (Å²) in [5, 5.41) is 0.765. The quantitative estimate of drug-likeness (QED) is 0.496. The van der Waals surface area contributed by atoms with Crippen molar-refractivity contribution in [2.75, 3.05) is 18.5 Å². The smallest absolute Gasteiger partial charge is 0.126 e. The fourth-order valence-corrected chi connectivity index (χ4v) is 2.44. The van der Waals surface area contributed by atoms with Crippen LogP contribution in [0.25, 0.3) is 0 Å². The van der Waals surface area contributed by atoms with Crippen molar-refractivity contribution in [1.29, 1.82) is 0 Å². The predicted molar refractivity (Wildman–Crippen MR) is 77.8 cm³/mol. The summed E-state index contributed by atoms with van der Waals surface area (Å²) in [6.07, 6.45) is 1.93. The maximum Gasteiger partial charge on any atom is 0.126 e. The van der Waals surface area contributed by atoms with E-state index in [-0.39, 0.29) is 11.7 Å². The number of halogens is 2. The van der Waals surface area contributed by atoms with Crippen LogP contribution in [-0.4, -0.2) is 18.5 Å². The molecule has 1 aromatic carbocycles. The van der Waals surface area contributed by atoms with Crippen LogP contribution < -0.4 is 0 Å². The molecule has 0 fully saturated rings. The summed E-state index contributed by atoms with van der Waals surface area (Å²) in [6, 6.07) is 6.98. The fraction of sp³-hybridized carbons (Fsp3) is 0.600. The van der Waals surface area contributed by atoms with Gasteiger partial charge in [0.05, 0.1) is 0 Å². The molecular formula is C15H22BrFO. The minimum Gasteiger partial charge on any atom is -0.381 e. The minimum atomic E-state index is -0.121. The van der Waals surface area contributed by atoms with Crippen LogP contribution in [0.4, 0.5) is 4.39 Å². The summed E-state index contributed by atoms with van der Waals surface area (Å²) >= 11 is 3.46. The van der Waals surface area contributed by atoms with Crippen molar-refractivity contribution in [1.82, 2.24) is 0 Å². The van der Waals surface area contributed by atoms with E-state index >= 15 is 0 Å². The molecule has 1 nitrogen and oxygen atoms in total. The molecule has 1 rings (SSSR count). The standard InChI is InChI=1S/C15H22BrFO/c1-12(2)7-9-18-10-8-13(11-16)14-5-3-4-6-15(14)17/h3-6,12-13H,7-11H2,1-2H3. The summed E-state index contributed by atoms with van der Waals surface area (Å²) in [7, 11) is 0. The maximum atomic E-state index is 13.6. The first-order chi connectivity index (χ1) is 8.65. The lowest BCUT2D eigenvalue weighted by atomic mass is 9.98. The predicted octanol–water partition coefficient (Wildman–Crippen LogP) is 4.76. The molecule has 0 heterocycles. The first-order valence-electron chi connectivity index (χ1n) is 6.53. The van der Waals surface area contributed by atoms with E-state index in [0.717, 1.165) is 30.3 Å². The summed E-state index contributed by atoms with van der Waals surface area (Å²) in [4.78, 5) is 0. The van der Waals surface area contributed by atoms with Crippen molar-refractivity contribution in [2.24, 2.45) is 5.92 Å². The van der Waals surface area contributed by atoms with Crippen LogP contribution in [0.2, 0.25) is 0 Å². The van der Waals surface area contributed by atoms with Gasteiger partial charge >= 0.3 is 0 Å². The van der Waals surface area contributed by atoms with Gasteiger partial charge in [0, 0.05) is 18.5 Å². The third-order valence-corrected chi connectivity index (χ3v) is 3.76. The van der Waals surface area contributed by atoms with Gasteiger partial charge in [0.25, 0.3) is 0 Å². The number of rotatable bonds is 8. The number of hydrogen-bond donors (Lipinski definition) is 0. The number of benzene rings is 1. The topological polar surface area (TPSA) is 9.23 Å². The van der Waals surface area contributed by atoms with Gasteiger partial charge in [-0.3, -0.25) is 0 Å². The Balaban J connectivity index is 2.36. The van der Waals surface area contributed by atoms with E-state index in [1.165, 1.54) is 6.07 Å². The van der Waals surface area contributed by atoms with Crippen molar-refractivity contribution >= 4 is 15.9 Å². The van der Waals surface area contributed by atoms with E-state index in [9.17, 15) is 4.39 Å². The van der Waals surface area contributed by atoms with Gasteiger partial charge in [-0.25, -0.2) is 4.39 Å². The lowest BCUT2D eigenvalue weighted by Gasteiger charge is -2.15. The molecule has 1 atom stereocenters. The number of hydrogen-bond acceptors (Lipinski definition) is 1. The Morgan fingerprint density at radius 1 is 1.17 bits per heavy atom. The molecule has 0 saturated carbocycles. The molecule has 0 aliphatic rings. The Morgan fingerprint density at radius 2 is 1.83 bits per heavy atom. The molecule has 102 valence electrons. The Labute approximate surface area is 118 Å². The van der Waals surface area contributed by atoms with Crippen LogP contribution in [0.1, 0.15) is 38.2 Å². The molecule has 18 heavy (non-hydrogen) atoms. The van der Waals surface area contributed by atoms with Crippen LogP contribution in [0, 0.1) is 11.7 Å².